The van der Waals surface area contributed by atoms with Gasteiger partial charge in [0.2, 0.25) is 0 Å². The maximum absolute atomic E-state index is 13.6. The highest BCUT2D eigenvalue weighted by molar-refractivity contribution is 9.10. The fraction of sp³-hybridized carbons (Fsp3) is 0.500. The molecule has 1 aliphatic rings. The summed E-state index contributed by atoms with van der Waals surface area (Å²) in [6.07, 6.45) is 1.20. The number of nitrogens with one attached hydrogen (secondary N) is 1. The van der Waals surface area contributed by atoms with E-state index in [0.29, 0.717) is 10.4 Å². The normalized spacial score (nSPS) is 19.8. The molecule has 1 nitrogen and oxygen atoms in total. The highest BCUT2D eigenvalue weighted by Gasteiger charge is 2.16. The van der Waals surface area contributed by atoms with Crippen molar-refractivity contribution in [1.29, 1.82) is 0 Å². The molecular formula is C12H14BrF2NS. The number of hydrogen-bond acceptors (Lipinski definition) is 2. The molecular weight excluding hydrogens is 308 g/mol. The second kappa shape index (κ2) is 6.16. The van der Waals surface area contributed by atoms with Crippen LogP contribution >= 0.6 is 27.7 Å². The Balaban J connectivity index is 1.91. The topological polar surface area (TPSA) is 12.0 Å². The summed E-state index contributed by atoms with van der Waals surface area (Å²) >= 11 is 5.01. The van der Waals surface area contributed by atoms with Crippen LogP contribution in [0.25, 0.3) is 0 Å². The van der Waals surface area contributed by atoms with Gasteiger partial charge in [0.1, 0.15) is 11.6 Å². The standard InChI is InChI=1S/C12H14BrF2NS/c13-10-1-2-11(14)9(12(10)15)6-16-5-8-3-4-17-7-8/h1-2,8,16H,3-7H2. The zero-order valence-electron chi connectivity index (χ0n) is 9.31. The van der Waals surface area contributed by atoms with Crippen molar-refractivity contribution in [3.8, 4) is 0 Å². The quantitative estimate of drug-likeness (QED) is 0.851. The smallest absolute Gasteiger partial charge is 0.144 e. The van der Waals surface area contributed by atoms with Gasteiger partial charge in [0.15, 0.2) is 0 Å². The minimum atomic E-state index is -0.502. The molecule has 1 aromatic rings. The first kappa shape index (κ1) is 13.3. The van der Waals surface area contributed by atoms with E-state index in [-0.39, 0.29) is 12.1 Å². The molecule has 0 radical (unpaired) electrons. The molecule has 0 spiro atoms. The molecule has 5 heteroatoms. The molecule has 1 fully saturated rings. The van der Waals surface area contributed by atoms with Crippen molar-refractivity contribution < 1.29 is 8.78 Å². The molecule has 1 N–H and O–H groups in total. The fourth-order valence-electron chi connectivity index (χ4n) is 1.88. The molecule has 1 aromatic carbocycles. The lowest BCUT2D eigenvalue weighted by Crippen LogP contribution is -2.23. The number of thioether (sulfide) groups is 1. The molecule has 0 bridgehead atoms. The monoisotopic (exact) mass is 321 g/mol. The predicted octanol–water partition coefficient (Wildman–Crippen LogP) is 3.57. The van der Waals surface area contributed by atoms with E-state index in [0.717, 1.165) is 12.3 Å². The van der Waals surface area contributed by atoms with Gasteiger partial charge in [0, 0.05) is 12.1 Å². The van der Waals surface area contributed by atoms with Crippen LogP contribution in [-0.2, 0) is 6.54 Å². The average molecular weight is 322 g/mol. The number of hydrogen-bond donors (Lipinski definition) is 1. The van der Waals surface area contributed by atoms with Crippen LogP contribution in [0.4, 0.5) is 8.78 Å². The van der Waals surface area contributed by atoms with Crippen LogP contribution in [0.15, 0.2) is 16.6 Å². The molecule has 0 saturated carbocycles. The van der Waals surface area contributed by atoms with E-state index in [1.54, 1.807) is 0 Å². The van der Waals surface area contributed by atoms with Gasteiger partial charge in [-0.15, -0.1) is 0 Å². The third kappa shape index (κ3) is 3.42. The summed E-state index contributed by atoms with van der Waals surface area (Å²) < 4.78 is 27.4. The summed E-state index contributed by atoms with van der Waals surface area (Å²) in [5.41, 5.74) is 0.116. The Labute approximate surface area is 112 Å². The minimum Gasteiger partial charge on any atom is -0.312 e. The molecule has 1 saturated heterocycles. The van der Waals surface area contributed by atoms with Gasteiger partial charge in [0.25, 0.3) is 0 Å². The number of rotatable bonds is 4. The van der Waals surface area contributed by atoms with Gasteiger partial charge in [-0.05, 0) is 58.5 Å². The van der Waals surface area contributed by atoms with E-state index in [2.05, 4.69) is 21.2 Å². The van der Waals surface area contributed by atoms with E-state index < -0.39 is 11.6 Å². The minimum absolute atomic E-state index is 0.116. The fourth-order valence-corrected chi connectivity index (χ4v) is 3.53. The van der Waals surface area contributed by atoms with Crippen LogP contribution < -0.4 is 5.32 Å². The second-order valence-corrected chi connectivity index (χ2v) is 6.19. The summed E-state index contributed by atoms with van der Waals surface area (Å²) in [4.78, 5) is 0. The van der Waals surface area contributed by atoms with Gasteiger partial charge in [-0.1, -0.05) is 0 Å². The molecule has 0 aromatic heterocycles. The van der Waals surface area contributed by atoms with Crippen LogP contribution in [0.3, 0.4) is 0 Å². The van der Waals surface area contributed by atoms with Crippen molar-refractivity contribution in [3.63, 3.8) is 0 Å². The summed E-state index contributed by atoms with van der Waals surface area (Å²) in [7, 11) is 0. The first-order valence-electron chi connectivity index (χ1n) is 5.59. The van der Waals surface area contributed by atoms with Crippen LogP contribution in [0.1, 0.15) is 12.0 Å². The molecule has 17 heavy (non-hydrogen) atoms. The lowest BCUT2D eigenvalue weighted by Gasteiger charge is -2.11. The maximum Gasteiger partial charge on any atom is 0.144 e. The lowest BCUT2D eigenvalue weighted by atomic mass is 10.1. The molecule has 1 heterocycles. The van der Waals surface area contributed by atoms with Gasteiger partial charge in [-0.25, -0.2) is 8.78 Å². The Morgan fingerprint density at radius 2 is 2.24 bits per heavy atom. The van der Waals surface area contributed by atoms with Crippen LogP contribution in [-0.4, -0.2) is 18.1 Å². The first-order valence-corrected chi connectivity index (χ1v) is 7.54. The molecule has 1 unspecified atom stereocenters. The number of benzene rings is 1. The maximum atomic E-state index is 13.6. The van der Waals surface area contributed by atoms with Gasteiger partial charge in [-0.3, -0.25) is 0 Å². The Hall–Kier alpha value is -0.130. The Bertz CT molecular complexity index is 394. The van der Waals surface area contributed by atoms with Crippen LogP contribution in [0.5, 0.6) is 0 Å². The van der Waals surface area contributed by atoms with Crippen molar-refractivity contribution in [2.24, 2.45) is 5.92 Å². The van der Waals surface area contributed by atoms with Crippen LogP contribution in [0.2, 0.25) is 0 Å². The van der Waals surface area contributed by atoms with Gasteiger partial charge in [0.05, 0.1) is 4.47 Å². The molecule has 0 amide bonds. The zero-order valence-corrected chi connectivity index (χ0v) is 11.7. The number of halogens is 3. The van der Waals surface area contributed by atoms with Gasteiger partial charge < -0.3 is 5.32 Å². The van der Waals surface area contributed by atoms with Gasteiger partial charge >= 0.3 is 0 Å². The van der Waals surface area contributed by atoms with E-state index >= 15 is 0 Å². The van der Waals surface area contributed by atoms with Crippen molar-refractivity contribution >= 4 is 27.7 Å². The van der Waals surface area contributed by atoms with Crippen molar-refractivity contribution in [3.05, 3.63) is 33.8 Å². The van der Waals surface area contributed by atoms with Crippen molar-refractivity contribution in [2.75, 3.05) is 18.1 Å². The highest BCUT2D eigenvalue weighted by atomic mass is 79.9. The van der Waals surface area contributed by atoms with Gasteiger partial charge in [-0.2, -0.15) is 11.8 Å². The second-order valence-electron chi connectivity index (χ2n) is 4.18. The third-order valence-corrected chi connectivity index (χ3v) is 4.74. The molecule has 1 atom stereocenters. The molecule has 2 rings (SSSR count). The molecule has 1 aliphatic heterocycles. The van der Waals surface area contributed by atoms with Crippen LogP contribution in [0, 0.1) is 17.6 Å². The lowest BCUT2D eigenvalue weighted by molar-refractivity contribution is 0.493. The molecule has 94 valence electrons. The molecule has 0 aliphatic carbocycles. The largest absolute Gasteiger partial charge is 0.312 e. The summed E-state index contributed by atoms with van der Waals surface area (Å²) in [5, 5.41) is 3.14. The Morgan fingerprint density at radius 3 is 2.94 bits per heavy atom. The predicted molar refractivity (Wildman–Crippen MR) is 71.2 cm³/mol. The van der Waals surface area contributed by atoms with Crippen molar-refractivity contribution in [1.82, 2.24) is 5.32 Å². The summed E-state index contributed by atoms with van der Waals surface area (Å²) in [5.74, 6) is 2.00. The first-order chi connectivity index (χ1) is 8.18. The Morgan fingerprint density at radius 1 is 1.41 bits per heavy atom. The van der Waals surface area contributed by atoms with Crippen molar-refractivity contribution in [2.45, 2.75) is 13.0 Å². The Kier molecular flexibility index (Phi) is 4.82. The average Bonchev–Trinajstić information content (AvgIpc) is 2.81. The highest BCUT2D eigenvalue weighted by Crippen LogP contribution is 2.24. The summed E-state index contributed by atoms with van der Waals surface area (Å²) in [6, 6.07) is 2.68. The summed E-state index contributed by atoms with van der Waals surface area (Å²) in [6.45, 7) is 1.08. The zero-order chi connectivity index (χ0) is 12.3. The van der Waals surface area contributed by atoms with E-state index in [1.807, 2.05) is 11.8 Å². The third-order valence-electron chi connectivity index (χ3n) is 2.90. The van der Waals surface area contributed by atoms with E-state index in [1.165, 1.54) is 24.3 Å². The van der Waals surface area contributed by atoms with E-state index in [4.69, 9.17) is 0 Å². The van der Waals surface area contributed by atoms with E-state index in [9.17, 15) is 8.78 Å². The SMILES string of the molecule is Fc1ccc(Br)c(F)c1CNCC1CCSC1.